The van der Waals surface area contributed by atoms with Gasteiger partial charge in [0.1, 0.15) is 0 Å². The minimum Gasteiger partial charge on any atom is -0.336 e. The minimum atomic E-state index is 0.212. The van der Waals surface area contributed by atoms with Crippen molar-refractivity contribution in [2.24, 2.45) is 11.3 Å². The Kier molecular flexibility index (Phi) is 5.12. The number of hydrogen-bond donors (Lipinski definition) is 0. The van der Waals surface area contributed by atoms with Crippen LogP contribution in [0.15, 0.2) is 30.4 Å². The summed E-state index contributed by atoms with van der Waals surface area (Å²) in [5.74, 6) is 1.15. The molecule has 140 valence electrons. The van der Waals surface area contributed by atoms with Crippen LogP contribution in [0.4, 0.5) is 0 Å². The van der Waals surface area contributed by atoms with Crippen molar-refractivity contribution < 1.29 is 4.79 Å². The Bertz CT molecular complexity index is 676. The van der Waals surface area contributed by atoms with E-state index in [4.69, 9.17) is 0 Å². The molecule has 2 fully saturated rings. The highest BCUT2D eigenvalue weighted by atomic mass is 16.2. The molecule has 26 heavy (non-hydrogen) atoms. The molecule has 2 aliphatic heterocycles. The monoisotopic (exact) mass is 353 g/mol. The Hall–Kier alpha value is -1.68. The van der Waals surface area contributed by atoms with E-state index in [1.807, 2.05) is 30.0 Å². The van der Waals surface area contributed by atoms with Crippen LogP contribution in [0.25, 0.3) is 0 Å². The van der Waals surface area contributed by atoms with Gasteiger partial charge in [-0.05, 0) is 75.6 Å². The first kappa shape index (κ1) is 17.7. The van der Waals surface area contributed by atoms with Crippen molar-refractivity contribution in [1.82, 2.24) is 14.8 Å². The lowest BCUT2D eigenvalue weighted by Crippen LogP contribution is -2.43. The largest absolute Gasteiger partial charge is 0.336 e. The molecule has 1 aliphatic carbocycles. The van der Waals surface area contributed by atoms with Crippen molar-refractivity contribution in [1.29, 1.82) is 0 Å². The lowest BCUT2D eigenvalue weighted by molar-refractivity contribution is -0.128. The average molecular weight is 354 g/mol. The van der Waals surface area contributed by atoms with Gasteiger partial charge in [-0.2, -0.15) is 0 Å². The maximum absolute atomic E-state index is 12.6. The van der Waals surface area contributed by atoms with E-state index in [1.54, 1.807) is 0 Å². The van der Waals surface area contributed by atoms with Crippen molar-refractivity contribution in [3.63, 3.8) is 0 Å². The third kappa shape index (κ3) is 4.01. The highest BCUT2D eigenvalue weighted by Crippen LogP contribution is 2.41. The van der Waals surface area contributed by atoms with E-state index in [2.05, 4.69) is 22.0 Å². The molecular weight excluding hydrogens is 322 g/mol. The Labute approximate surface area is 157 Å². The number of carbonyl (C=O) groups excluding carboxylic acids is 1. The number of piperidine rings is 1. The van der Waals surface area contributed by atoms with E-state index in [0.717, 1.165) is 43.4 Å². The first-order chi connectivity index (χ1) is 12.6. The van der Waals surface area contributed by atoms with Gasteiger partial charge in [-0.1, -0.05) is 18.2 Å². The summed E-state index contributed by atoms with van der Waals surface area (Å²) < 4.78 is 0. The number of aryl methyl sites for hydroxylation is 1. The molecule has 1 atom stereocenters. The number of nitrogens with zero attached hydrogens (tertiary/aromatic N) is 3. The molecule has 3 aliphatic rings. The van der Waals surface area contributed by atoms with Gasteiger partial charge in [-0.15, -0.1) is 0 Å². The maximum atomic E-state index is 12.6. The molecule has 0 N–H and O–H groups in total. The first-order valence-corrected chi connectivity index (χ1v) is 10.2. The second kappa shape index (κ2) is 7.51. The van der Waals surface area contributed by atoms with Gasteiger partial charge >= 0.3 is 0 Å². The highest BCUT2D eigenvalue weighted by molar-refractivity contribution is 5.79. The number of aromatic nitrogens is 1. The van der Waals surface area contributed by atoms with Gasteiger partial charge in [-0.3, -0.25) is 9.78 Å². The second-order valence-corrected chi connectivity index (χ2v) is 8.65. The van der Waals surface area contributed by atoms with E-state index < -0.39 is 0 Å². The number of amides is 1. The normalized spacial score (nSPS) is 26.0. The van der Waals surface area contributed by atoms with Gasteiger partial charge in [0.25, 0.3) is 0 Å². The molecule has 4 heteroatoms. The zero-order chi connectivity index (χ0) is 18.0. The molecule has 0 saturated carbocycles. The molecule has 1 spiro atoms. The number of hydrogen-bond acceptors (Lipinski definition) is 3. The lowest BCUT2D eigenvalue weighted by Gasteiger charge is -2.40. The molecule has 3 heterocycles. The summed E-state index contributed by atoms with van der Waals surface area (Å²) in [6.07, 6.45) is 11.6. The topological polar surface area (TPSA) is 36.4 Å². The van der Waals surface area contributed by atoms with Crippen molar-refractivity contribution in [2.45, 2.75) is 52.0 Å². The number of carbonyl (C=O) groups is 1. The van der Waals surface area contributed by atoms with Crippen LogP contribution in [0, 0.1) is 18.3 Å². The summed E-state index contributed by atoms with van der Waals surface area (Å²) >= 11 is 0. The SMILES string of the molecule is Cc1cccc(CN2CC3(CCN(C[C@H]4CC=CCC4)CC3)CC2=O)n1. The third-order valence-corrected chi connectivity index (χ3v) is 6.51. The number of rotatable bonds is 4. The molecular formula is C22H31N3O. The van der Waals surface area contributed by atoms with E-state index >= 15 is 0 Å². The van der Waals surface area contributed by atoms with Gasteiger partial charge in [0.05, 0.1) is 12.2 Å². The third-order valence-electron chi connectivity index (χ3n) is 6.51. The number of allylic oxidation sites excluding steroid dienone is 2. The maximum Gasteiger partial charge on any atom is 0.223 e. The van der Waals surface area contributed by atoms with Crippen LogP contribution >= 0.6 is 0 Å². The van der Waals surface area contributed by atoms with Crippen LogP contribution in [0.5, 0.6) is 0 Å². The van der Waals surface area contributed by atoms with Crippen molar-refractivity contribution >= 4 is 5.91 Å². The molecule has 0 aromatic carbocycles. The molecule has 0 radical (unpaired) electrons. The molecule has 0 unspecified atom stereocenters. The lowest BCUT2D eigenvalue weighted by atomic mass is 9.77. The van der Waals surface area contributed by atoms with Crippen LogP contribution in [0.1, 0.15) is 49.9 Å². The molecule has 4 nitrogen and oxygen atoms in total. The molecule has 0 bridgehead atoms. The quantitative estimate of drug-likeness (QED) is 0.777. The molecule has 4 rings (SSSR count). The van der Waals surface area contributed by atoms with Crippen molar-refractivity contribution in [3.05, 3.63) is 41.7 Å². The van der Waals surface area contributed by atoms with Gasteiger partial charge in [0.15, 0.2) is 0 Å². The number of likely N-dealkylation sites (tertiary alicyclic amines) is 2. The van der Waals surface area contributed by atoms with E-state index in [0.29, 0.717) is 12.5 Å². The van der Waals surface area contributed by atoms with E-state index in [9.17, 15) is 4.79 Å². The van der Waals surface area contributed by atoms with Gasteiger partial charge in [0, 0.05) is 25.2 Å². The summed E-state index contributed by atoms with van der Waals surface area (Å²) in [4.78, 5) is 21.9. The standard InChI is InChI=1S/C22H31N3O/c1-18-6-5-9-20(23-18)16-25-17-22(14-21(25)26)10-12-24(13-11-22)15-19-7-3-2-4-8-19/h2-3,5-6,9,19H,4,7-8,10-17H2,1H3/t19-/m0/s1. The van der Waals surface area contributed by atoms with Crippen LogP contribution in [0.3, 0.4) is 0 Å². The van der Waals surface area contributed by atoms with E-state index in [-0.39, 0.29) is 5.41 Å². The minimum absolute atomic E-state index is 0.212. The smallest absolute Gasteiger partial charge is 0.223 e. The summed E-state index contributed by atoms with van der Waals surface area (Å²) in [5.41, 5.74) is 2.25. The molecule has 1 amide bonds. The van der Waals surface area contributed by atoms with Crippen LogP contribution in [0.2, 0.25) is 0 Å². The van der Waals surface area contributed by atoms with Gasteiger partial charge < -0.3 is 9.80 Å². The summed E-state index contributed by atoms with van der Waals surface area (Å²) in [6.45, 7) is 7.15. The fourth-order valence-electron chi connectivity index (χ4n) is 4.94. The predicted molar refractivity (Wildman–Crippen MR) is 104 cm³/mol. The summed E-state index contributed by atoms with van der Waals surface area (Å²) in [6, 6.07) is 6.08. The van der Waals surface area contributed by atoms with Crippen molar-refractivity contribution in [2.75, 3.05) is 26.2 Å². The summed E-state index contributed by atoms with van der Waals surface area (Å²) in [7, 11) is 0. The van der Waals surface area contributed by atoms with Crippen LogP contribution < -0.4 is 0 Å². The van der Waals surface area contributed by atoms with E-state index in [1.165, 1.54) is 38.6 Å². The van der Waals surface area contributed by atoms with Crippen molar-refractivity contribution in [3.8, 4) is 0 Å². The Morgan fingerprint density at radius 3 is 2.81 bits per heavy atom. The predicted octanol–water partition coefficient (Wildman–Crippen LogP) is 3.56. The molecule has 1 aromatic heterocycles. The zero-order valence-electron chi connectivity index (χ0n) is 16.0. The zero-order valence-corrected chi connectivity index (χ0v) is 16.0. The Morgan fingerprint density at radius 2 is 2.08 bits per heavy atom. The Morgan fingerprint density at radius 1 is 1.23 bits per heavy atom. The number of pyridine rings is 1. The van der Waals surface area contributed by atoms with Crippen LogP contribution in [-0.2, 0) is 11.3 Å². The highest BCUT2D eigenvalue weighted by Gasteiger charge is 2.44. The van der Waals surface area contributed by atoms with Crippen LogP contribution in [-0.4, -0.2) is 46.9 Å². The fourth-order valence-corrected chi connectivity index (χ4v) is 4.94. The molecule has 2 saturated heterocycles. The molecule has 1 aromatic rings. The average Bonchev–Trinajstić information content (AvgIpc) is 2.93. The summed E-state index contributed by atoms with van der Waals surface area (Å²) in [5, 5.41) is 0. The second-order valence-electron chi connectivity index (χ2n) is 8.65. The first-order valence-electron chi connectivity index (χ1n) is 10.2. The van der Waals surface area contributed by atoms with Gasteiger partial charge in [0.2, 0.25) is 5.91 Å². The Balaban J connectivity index is 1.31. The fraction of sp³-hybridized carbons (Fsp3) is 0.636. The van der Waals surface area contributed by atoms with Gasteiger partial charge in [-0.25, -0.2) is 0 Å².